The number of nitrogens with two attached hydrogens (primary N) is 1. The van der Waals surface area contributed by atoms with Crippen LogP contribution in [0.5, 0.6) is 5.75 Å². The van der Waals surface area contributed by atoms with E-state index in [2.05, 4.69) is 4.98 Å². The molecule has 0 saturated heterocycles. The molecule has 0 saturated carbocycles. The zero-order valence-electron chi connectivity index (χ0n) is 11.4. The Morgan fingerprint density at radius 3 is 2.68 bits per heavy atom. The van der Waals surface area contributed by atoms with Crippen LogP contribution in [-0.2, 0) is 0 Å². The zero-order chi connectivity index (χ0) is 15.7. The Bertz CT molecular complexity index is 889. The first kappa shape index (κ1) is 13.8. The third-order valence-electron chi connectivity index (χ3n) is 3.25. The van der Waals surface area contributed by atoms with Gasteiger partial charge in [0, 0.05) is 23.5 Å². The van der Waals surface area contributed by atoms with Crippen LogP contribution in [-0.4, -0.2) is 14.7 Å². The molecule has 0 amide bonds. The number of benzene rings is 1. The number of nitrogen functional groups attached to an aromatic ring is 1. The summed E-state index contributed by atoms with van der Waals surface area (Å²) in [6.45, 7) is 0. The van der Waals surface area contributed by atoms with Crippen molar-refractivity contribution in [2.45, 2.75) is 0 Å². The summed E-state index contributed by atoms with van der Waals surface area (Å²) in [4.78, 5) is 15.0. The molecule has 3 rings (SSSR count). The predicted octanol–water partition coefficient (Wildman–Crippen LogP) is 2.33. The lowest BCUT2D eigenvalue weighted by Gasteiger charge is -2.12. The van der Waals surface area contributed by atoms with E-state index in [1.165, 1.54) is 23.0 Å². The van der Waals surface area contributed by atoms with Crippen LogP contribution in [0.15, 0.2) is 59.7 Å². The highest BCUT2D eigenvalue weighted by Crippen LogP contribution is 2.23. The van der Waals surface area contributed by atoms with Gasteiger partial charge >= 0.3 is 0 Å². The van der Waals surface area contributed by atoms with E-state index >= 15 is 0 Å². The van der Waals surface area contributed by atoms with Gasteiger partial charge in [-0.3, -0.25) is 9.36 Å². The second-order valence-electron chi connectivity index (χ2n) is 4.74. The minimum Gasteiger partial charge on any atom is -0.503 e. The van der Waals surface area contributed by atoms with Crippen molar-refractivity contribution in [2.24, 2.45) is 0 Å². The Morgan fingerprint density at radius 1 is 1.14 bits per heavy atom. The first-order valence-corrected chi connectivity index (χ1v) is 6.48. The van der Waals surface area contributed by atoms with Crippen LogP contribution in [0.1, 0.15) is 0 Å². The van der Waals surface area contributed by atoms with E-state index in [9.17, 15) is 14.3 Å². The molecule has 0 aliphatic heterocycles. The van der Waals surface area contributed by atoms with Crippen molar-refractivity contribution in [3.05, 3.63) is 71.0 Å². The summed E-state index contributed by atoms with van der Waals surface area (Å²) >= 11 is 0. The van der Waals surface area contributed by atoms with E-state index < -0.39 is 11.4 Å². The fraction of sp³-hybridized carbons (Fsp3) is 0. The Balaban J connectivity index is 2.10. The van der Waals surface area contributed by atoms with Crippen LogP contribution in [0.3, 0.4) is 0 Å². The fourth-order valence-corrected chi connectivity index (χ4v) is 2.14. The lowest BCUT2D eigenvalue weighted by molar-refractivity contribution is 0.466. The first-order valence-electron chi connectivity index (χ1n) is 6.48. The maximum absolute atomic E-state index is 12.9. The summed E-state index contributed by atoms with van der Waals surface area (Å²) in [5.74, 6) is -0.727. The summed E-state index contributed by atoms with van der Waals surface area (Å²) < 4.78 is 14.4. The highest BCUT2D eigenvalue weighted by molar-refractivity contribution is 5.65. The monoisotopic (exact) mass is 297 g/mol. The van der Waals surface area contributed by atoms with Crippen LogP contribution >= 0.6 is 0 Å². The molecule has 22 heavy (non-hydrogen) atoms. The molecule has 1 aromatic carbocycles. The minimum absolute atomic E-state index is 0.206. The molecular formula is C16H12FN3O2. The van der Waals surface area contributed by atoms with Gasteiger partial charge in [0.25, 0.3) is 0 Å². The SMILES string of the molecule is Nc1cc(=O)c(O)cn1-c1cccc(-c2ccc(F)nc2)c1. The van der Waals surface area contributed by atoms with Gasteiger partial charge in [-0.15, -0.1) is 0 Å². The van der Waals surface area contributed by atoms with Gasteiger partial charge in [0.1, 0.15) is 5.82 Å². The van der Waals surface area contributed by atoms with E-state index in [4.69, 9.17) is 5.73 Å². The quantitative estimate of drug-likeness (QED) is 0.711. The van der Waals surface area contributed by atoms with Crippen molar-refractivity contribution in [2.75, 3.05) is 5.73 Å². The highest BCUT2D eigenvalue weighted by Gasteiger charge is 2.07. The molecule has 6 heteroatoms. The van der Waals surface area contributed by atoms with Gasteiger partial charge in [-0.05, 0) is 29.8 Å². The summed E-state index contributed by atoms with van der Waals surface area (Å²) in [5.41, 5.74) is 7.50. The van der Waals surface area contributed by atoms with E-state index in [0.717, 1.165) is 17.2 Å². The smallest absolute Gasteiger partial charge is 0.225 e. The van der Waals surface area contributed by atoms with E-state index in [-0.39, 0.29) is 11.6 Å². The third-order valence-corrected chi connectivity index (χ3v) is 3.25. The summed E-state index contributed by atoms with van der Waals surface area (Å²) in [5, 5.41) is 9.56. The van der Waals surface area contributed by atoms with Gasteiger partial charge in [0.2, 0.25) is 11.4 Å². The fourth-order valence-electron chi connectivity index (χ4n) is 2.14. The molecule has 2 heterocycles. The molecule has 2 aromatic heterocycles. The van der Waals surface area contributed by atoms with Crippen LogP contribution in [0.4, 0.5) is 10.2 Å². The number of pyridine rings is 2. The van der Waals surface area contributed by atoms with Crippen molar-refractivity contribution in [1.82, 2.24) is 9.55 Å². The summed E-state index contributed by atoms with van der Waals surface area (Å²) in [7, 11) is 0. The largest absolute Gasteiger partial charge is 0.503 e. The molecule has 0 aliphatic carbocycles. The van der Waals surface area contributed by atoms with Gasteiger partial charge in [-0.2, -0.15) is 4.39 Å². The molecular weight excluding hydrogens is 285 g/mol. The van der Waals surface area contributed by atoms with Gasteiger partial charge in [-0.25, -0.2) is 4.98 Å². The Labute approximate surface area is 125 Å². The second kappa shape index (κ2) is 5.33. The van der Waals surface area contributed by atoms with Gasteiger partial charge in [0.15, 0.2) is 5.75 Å². The van der Waals surface area contributed by atoms with Gasteiger partial charge < -0.3 is 10.8 Å². The number of anilines is 1. The van der Waals surface area contributed by atoms with Crippen LogP contribution in [0, 0.1) is 5.95 Å². The number of hydrogen-bond acceptors (Lipinski definition) is 4. The number of aromatic nitrogens is 2. The Kier molecular flexibility index (Phi) is 3.34. The molecule has 0 bridgehead atoms. The van der Waals surface area contributed by atoms with Crippen molar-refractivity contribution >= 4 is 5.82 Å². The lowest BCUT2D eigenvalue weighted by Crippen LogP contribution is -2.10. The van der Waals surface area contributed by atoms with Crippen molar-refractivity contribution in [3.8, 4) is 22.6 Å². The Hall–Kier alpha value is -3.15. The number of nitrogens with zero attached hydrogens (tertiary/aromatic N) is 2. The van der Waals surface area contributed by atoms with Gasteiger partial charge in [-0.1, -0.05) is 12.1 Å². The summed E-state index contributed by atoms with van der Waals surface area (Å²) in [6, 6.07) is 11.3. The van der Waals surface area contributed by atoms with Crippen LogP contribution in [0.25, 0.3) is 16.8 Å². The normalized spacial score (nSPS) is 10.6. The molecule has 5 nitrogen and oxygen atoms in total. The first-order chi connectivity index (χ1) is 10.5. The topological polar surface area (TPSA) is 81.1 Å². The standard InChI is InChI=1S/C16H12FN3O2/c17-15-5-4-11(8-19-15)10-2-1-3-12(6-10)20-9-14(22)13(21)7-16(20)18/h1-9,22H,18H2. The average molecular weight is 297 g/mol. The molecule has 0 unspecified atom stereocenters. The molecule has 110 valence electrons. The number of halogens is 1. The van der Waals surface area contributed by atoms with E-state index in [1.54, 1.807) is 24.3 Å². The molecule has 0 aliphatic rings. The number of aromatic hydroxyl groups is 1. The molecule has 3 N–H and O–H groups in total. The molecule has 0 fully saturated rings. The van der Waals surface area contributed by atoms with Crippen molar-refractivity contribution < 1.29 is 9.50 Å². The third kappa shape index (κ3) is 2.54. The molecule has 3 aromatic rings. The Morgan fingerprint density at radius 2 is 1.95 bits per heavy atom. The maximum Gasteiger partial charge on any atom is 0.225 e. The van der Waals surface area contributed by atoms with E-state index in [0.29, 0.717) is 5.69 Å². The maximum atomic E-state index is 12.9. The van der Waals surface area contributed by atoms with Crippen molar-refractivity contribution in [3.63, 3.8) is 0 Å². The number of rotatable bonds is 2. The summed E-state index contributed by atoms with van der Waals surface area (Å²) in [6.07, 6.45) is 2.69. The number of hydrogen-bond donors (Lipinski definition) is 2. The second-order valence-corrected chi connectivity index (χ2v) is 4.74. The van der Waals surface area contributed by atoms with Crippen LogP contribution in [0.2, 0.25) is 0 Å². The molecule has 0 spiro atoms. The zero-order valence-corrected chi connectivity index (χ0v) is 11.4. The van der Waals surface area contributed by atoms with Crippen LogP contribution < -0.4 is 11.2 Å². The average Bonchev–Trinajstić information content (AvgIpc) is 2.52. The predicted molar refractivity (Wildman–Crippen MR) is 81.3 cm³/mol. The van der Waals surface area contributed by atoms with Gasteiger partial charge in [0.05, 0.1) is 6.20 Å². The lowest BCUT2D eigenvalue weighted by atomic mass is 10.1. The van der Waals surface area contributed by atoms with E-state index in [1.807, 2.05) is 6.07 Å². The highest BCUT2D eigenvalue weighted by atomic mass is 19.1. The molecule has 0 radical (unpaired) electrons. The minimum atomic E-state index is -0.547. The molecule has 0 atom stereocenters. The van der Waals surface area contributed by atoms with Crippen molar-refractivity contribution in [1.29, 1.82) is 0 Å².